The van der Waals surface area contributed by atoms with E-state index in [0.29, 0.717) is 5.69 Å². The van der Waals surface area contributed by atoms with Gasteiger partial charge in [0.2, 0.25) is 0 Å². The van der Waals surface area contributed by atoms with Crippen molar-refractivity contribution in [3.63, 3.8) is 0 Å². The number of piperazine rings is 1. The summed E-state index contributed by atoms with van der Waals surface area (Å²) in [6, 6.07) is 1.73. The average molecular weight is 264 g/mol. The Morgan fingerprint density at radius 1 is 1.42 bits per heavy atom. The van der Waals surface area contributed by atoms with E-state index >= 15 is 0 Å². The lowest BCUT2D eigenvalue weighted by Crippen LogP contribution is -2.52. The summed E-state index contributed by atoms with van der Waals surface area (Å²) in [7, 11) is 1.42. The molecule has 2 rings (SSSR count). The number of carbonyl (C=O) groups excluding carboxylic acids is 1. The van der Waals surface area contributed by atoms with E-state index < -0.39 is 0 Å². The van der Waals surface area contributed by atoms with E-state index in [4.69, 9.17) is 10.5 Å². The molecule has 2 heterocycles. The quantitative estimate of drug-likeness (QED) is 0.794. The zero-order valence-electron chi connectivity index (χ0n) is 11.4. The molecule has 0 aliphatic carbocycles. The maximum Gasteiger partial charge on any atom is 0.322 e. The van der Waals surface area contributed by atoms with E-state index in [1.807, 2.05) is 13.0 Å². The lowest BCUT2D eigenvalue weighted by atomic mass is 10.2. The highest BCUT2D eigenvalue weighted by Gasteiger charge is 2.26. The Hall–Kier alpha value is -1.82. The summed E-state index contributed by atoms with van der Waals surface area (Å²) in [5.41, 5.74) is 7.63. The second-order valence-corrected chi connectivity index (χ2v) is 4.66. The molecule has 1 fully saturated rings. The first-order chi connectivity index (χ1) is 9.13. The summed E-state index contributed by atoms with van der Waals surface area (Å²) < 4.78 is 4.77. The van der Waals surface area contributed by atoms with Crippen molar-refractivity contribution in [2.45, 2.75) is 13.0 Å². The molecule has 19 heavy (non-hydrogen) atoms. The van der Waals surface area contributed by atoms with Crippen LogP contribution < -0.4 is 10.6 Å². The molecule has 1 aliphatic rings. The highest BCUT2D eigenvalue weighted by atomic mass is 16.5. The molecular formula is C13H20N4O2. The minimum atomic E-state index is -0.193. The summed E-state index contributed by atoms with van der Waals surface area (Å²) in [5, 5.41) is 0. The second kappa shape index (κ2) is 5.88. The zero-order valence-corrected chi connectivity index (χ0v) is 11.4. The molecule has 1 unspecified atom stereocenters. The van der Waals surface area contributed by atoms with Crippen LogP contribution in [0.25, 0.3) is 0 Å². The van der Waals surface area contributed by atoms with Gasteiger partial charge < -0.3 is 15.4 Å². The molecule has 104 valence electrons. The number of pyridine rings is 1. The zero-order chi connectivity index (χ0) is 13.8. The summed E-state index contributed by atoms with van der Waals surface area (Å²) >= 11 is 0. The van der Waals surface area contributed by atoms with Crippen molar-refractivity contribution < 1.29 is 9.53 Å². The van der Waals surface area contributed by atoms with Crippen molar-refractivity contribution in [3.8, 4) is 0 Å². The number of nitrogens with zero attached hydrogens (tertiary/aromatic N) is 3. The van der Waals surface area contributed by atoms with Crippen molar-refractivity contribution >= 4 is 17.3 Å². The first kappa shape index (κ1) is 13.6. The number of aromatic nitrogens is 1. The van der Waals surface area contributed by atoms with Gasteiger partial charge in [-0.25, -0.2) is 0 Å². The van der Waals surface area contributed by atoms with Crippen molar-refractivity contribution in [2.75, 3.05) is 43.9 Å². The van der Waals surface area contributed by atoms with E-state index in [2.05, 4.69) is 14.8 Å². The number of methoxy groups -OCH3 is 1. The normalized spacial score (nSPS) is 18.1. The maximum atomic E-state index is 11.5. The summed E-state index contributed by atoms with van der Waals surface area (Å²) in [6.07, 6.45) is 3.41. The van der Waals surface area contributed by atoms with E-state index in [9.17, 15) is 4.79 Å². The van der Waals surface area contributed by atoms with Crippen LogP contribution in [0.2, 0.25) is 0 Å². The number of anilines is 2. The van der Waals surface area contributed by atoms with Gasteiger partial charge in [0.05, 0.1) is 24.7 Å². The minimum Gasteiger partial charge on any atom is -0.468 e. The van der Waals surface area contributed by atoms with Crippen LogP contribution in [0.4, 0.5) is 11.4 Å². The van der Waals surface area contributed by atoms with Gasteiger partial charge in [0.25, 0.3) is 0 Å². The SMILES string of the molecule is COC(=O)C(C)N1CCN(c2ccncc2N)CC1. The van der Waals surface area contributed by atoms with Gasteiger partial charge in [0.1, 0.15) is 6.04 Å². The Morgan fingerprint density at radius 3 is 2.68 bits per heavy atom. The molecular weight excluding hydrogens is 244 g/mol. The Balaban J connectivity index is 1.96. The molecule has 0 bridgehead atoms. The molecule has 2 N–H and O–H groups in total. The predicted molar refractivity (Wildman–Crippen MR) is 73.9 cm³/mol. The van der Waals surface area contributed by atoms with Gasteiger partial charge in [-0.1, -0.05) is 0 Å². The molecule has 1 aromatic heterocycles. The first-order valence-electron chi connectivity index (χ1n) is 6.39. The van der Waals surface area contributed by atoms with Gasteiger partial charge in [-0.2, -0.15) is 0 Å². The highest BCUT2D eigenvalue weighted by Crippen LogP contribution is 2.23. The van der Waals surface area contributed by atoms with Gasteiger partial charge in [0.15, 0.2) is 0 Å². The molecule has 6 nitrogen and oxygen atoms in total. The summed E-state index contributed by atoms with van der Waals surface area (Å²) in [5.74, 6) is -0.183. The molecule has 1 aliphatic heterocycles. The van der Waals surface area contributed by atoms with E-state index in [0.717, 1.165) is 31.9 Å². The molecule has 6 heteroatoms. The second-order valence-electron chi connectivity index (χ2n) is 4.66. The van der Waals surface area contributed by atoms with E-state index in [1.54, 1.807) is 12.4 Å². The van der Waals surface area contributed by atoms with E-state index in [-0.39, 0.29) is 12.0 Å². The fourth-order valence-corrected chi connectivity index (χ4v) is 2.36. The van der Waals surface area contributed by atoms with Crippen LogP contribution in [0.5, 0.6) is 0 Å². The number of nitrogen functional groups attached to an aromatic ring is 1. The van der Waals surface area contributed by atoms with Crippen molar-refractivity contribution in [1.82, 2.24) is 9.88 Å². The first-order valence-corrected chi connectivity index (χ1v) is 6.39. The van der Waals surface area contributed by atoms with Crippen LogP contribution in [0.3, 0.4) is 0 Å². The molecule has 0 amide bonds. The number of esters is 1. The maximum absolute atomic E-state index is 11.5. The average Bonchev–Trinajstić information content (AvgIpc) is 2.46. The Kier molecular flexibility index (Phi) is 4.21. The topological polar surface area (TPSA) is 71.7 Å². The molecule has 0 saturated carbocycles. The van der Waals surface area contributed by atoms with E-state index in [1.165, 1.54) is 7.11 Å². The molecule has 0 spiro atoms. The fraction of sp³-hybridized carbons (Fsp3) is 0.538. The van der Waals surface area contributed by atoms with Gasteiger partial charge in [0, 0.05) is 32.4 Å². The molecule has 0 aromatic carbocycles. The number of hydrogen-bond acceptors (Lipinski definition) is 6. The standard InChI is InChI=1S/C13H20N4O2/c1-10(13(18)19-2)16-5-7-17(8-6-16)12-3-4-15-9-11(12)14/h3-4,9-10H,5-8,14H2,1-2H3. The van der Waals surface area contributed by atoms with Gasteiger partial charge in [-0.05, 0) is 13.0 Å². The molecule has 1 saturated heterocycles. The summed E-state index contributed by atoms with van der Waals surface area (Å²) in [4.78, 5) is 19.8. The number of nitrogens with two attached hydrogens (primary N) is 1. The smallest absolute Gasteiger partial charge is 0.322 e. The molecule has 1 aromatic rings. The van der Waals surface area contributed by atoms with Crippen molar-refractivity contribution in [2.24, 2.45) is 0 Å². The van der Waals surface area contributed by atoms with Crippen LogP contribution in [-0.4, -0.2) is 55.2 Å². The number of hydrogen-bond donors (Lipinski definition) is 1. The number of rotatable bonds is 3. The Bertz CT molecular complexity index is 444. The van der Waals surface area contributed by atoms with Crippen molar-refractivity contribution in [1.29, 1.82) is 0 Å². The minimum absolute atomic E-state index is 0.183. The predicted octanol–water partition coefficient (Wildman–Crippen LogP) is 0.347. The summed E-state index contributed by atoms with van der Waals surface area (Å²) in [6.45, 7) is 5.20. The Morgan fingerprint density at radius 2 is 2.11 bits per heavy atom. The fourth-order valence-electron chi connectivity index (χ4n) is 2.36. The van der Waals surface area contributed by atoms with Crippen LogP contribution in [0, 0.1) is 0 Å². The molecule has 0 radical (unpaired) electrons. The van der Waals surface area contributed by atoms with Crippen LogP contribution in [-0.2, 0) is 9.53 Å². The van der Waals surface area contributed by atoms with Crippen molar-refractivity contribution in [3.05, 3.63) is 18.5 Å². The van der Waals surface area contributed by atoms with Crippen LogP contribution in [0.15, 0.2) is 18.5 Å². The lowest BCUT2D eigenvalue weighted by Gasteiger charge is -2.38. The third-order valence-electron chi connectivity index (χ3n) is 3.57. The number of carbonyl (C=O) groups is 1. The van der Waals surface area contributed by atoms with Gasteiger partial charge in [-0.3, -0.25) is 14.7 Å². The van der Waals surface area contributed by atoms with Gasteiger partial charge in [-0.15, -0.1) is 0 Å². The van der Waals surface area contributed by atoms with Gasteiger partial charge >= 0.3 is 5.97 Å². The molecule has 1 atom stereocenters. The largest absolute Gasteiger partial charge is 0.468 e. The monoisotopic (exact) mass is 264 g/mol. The third-order valence-corrected chi connectivity index (χ3v) is 3.57. The lowest BCUT2D eigenvalue weighted by molar-refractivity contribution is -0.146. The number of ether oxygens (including phenoxy) is 1. The van der Waals surface area contributed by atoms with Crippen LogP contribution >= 0.6 is 0 Å². The third kappa shape index (κ3) is 2.96. The van der Waals surface area contributed by atoms with Crippen LogP contribution in [0.1, 0.15) is 6.92 Å². The Labute approximate surface area is 113 Å². The highest BCUT2D eigenvalue weighted by molar-refractivity contribution is 5.75.